The molecule has 0 heterocycles. The maximum Gasteiger partial charge on any atom is 0.0390 e. The van der Waals surface area contributed by atoms with Crippen LogP contribution in [0, 0.1) is 0 Å². The van der Waals surface area contributed by atoms with Crippen molar-refractivity contribution < 1.29 is 0 Å². The molecule has 1 heteroatoms. The second-order valence-electron chi connectivity index (χ2n) is 3.23. The molecule has 0 aromatic heterocycles. The zero-order valence-corrected chi connectivity index (χ0v) is 8.43. The van der Waals surface area contributed by atoms with Crippen LogP contribution >= 0.6 is 0 Å². The van der Waals surface area contributed by atoms with Gasteiger partial charge in [-0.05, 0) is 36.1 Å². The van der Waals surface area contributed by atoms with E-state index in [1.54, 1.807) is 0 Å². The van der Waals surface area contributed by atoms with Gasteiger partial charge in [-0.15, -0.1) is 0 Å². The van der Waals surface area contributed by atoms with E-state index in [9.17, 15) is 0 Å². The molecule has 70 valence electrons. The Morgan fingerprint density at radius 3 is 2.62 bits per heavy atom. The quantitative estimate of drug-likeness (QED) is 0.701. The van der Waals surface area contributed by atoms with Crippen molar-refractivity contribution in [3.05, 3.63) is 35.9 Å². The summed E-state index contributed by atoms with van der Waals surface area (Å²) >= 11 is 0. The Labute approximate surface area is 80.3 Å². The van der Waals surface area contributed by atoms with Crippen LogP contribution in [0.1, 0.15) is 31.4 Å². The zero-order chi connectivity index (χ0) is 9.84. The smallest absolute Gasteiger partial charge is 0.0390 e. The Kier molecular flexibility index (Phi) is 3.13. The molecule has 0 aliphatic rings. The monoisotopic (exact) mass is 175 g/mol. The molecule has 0 aliphatic heterocycles. The summed E-state index contributed by atoms with van der Waals surface area (Å²) in [7, 11) is 0. The number of nitrogens with two attached hydrogens (primary N) is 1. The zero-order valence-electron chi connectivity index (χ0n) is 8.43. The first-order valence-electron chi connectivity index (χ1n) is 4.75. The lowest BCUT2D eigenvalue weighted by Gasteiger charge is -2.08. The third-order valence-corrected chi connectivity index (χ3v) is 2.33. The standard InChI is InChI=1S/C12H17N/c1-4-9(3)11-8-10(5-2)6-7-12(11)13/h6-8H,3-5,13H2,1-2H3. The number of allylic oxidation sites excluding steroid dienone is 1. The molecule has 0 bridgehead atoms. The van der Waals surface area contributed by atoms with Gasteiger partial charge in [-0.25, -0.2) is 0 Å². The molecule has 0 saturated carbocycles. The number of hydrogen-bond acceptors (Lipinski definition) is 1. The van der Waals surface area contributed by atoms with Crippen LogP contribution in [0.2, 0.25) is 0 Å². The number of anilines is 1. The van der Waals surface area contributed by atoms with E-state index in [1.807, 2.05) is 6.07 Å². The first kappa shape index (κ1) is 9.85. The highest BCUT2D eigenvalue weighted by atomic mass is 14.6. The lowest BCUT2D eigenvalue weighted by Crippen LogP contribution is -1.94. The van der Waals surface area contributed by atoms with E-state index >= 15 is 0 Å². The van der Waals surface area contributed by atoms with E-state index in [4.69, 9.17) is 5.73 Å². The minimum absolute atomic E-state index is 0.837. The first-order valence-corrected chi connectivity index (χ1v) is 4.75. The van der Waals surface area contributed by atoms with Gasteiger partial charge >= 0.3 is 0 Å². The third-order valence-electron chi connectivity index (χ3n) is 2.33. The first-order chi connectivity index (χ1) is 6.19. The molecule has 0 spiro atoms. The van der Waals surface area contributed by atoms with Gasteiger partial charge in [0.2, 0.25) is 0 Å². The number of rotatable bonds is 3. The molecule has 1 aromatic rings. The van der Waals surface area contributed by atoms with Gasteiger partial charge in [0.1, 0.15) is 0 Å². The number of benzene rings is 1. The normalized spacial score (nSPS) is 10.0. The fourth-order valence-electron chi connectivity index (χ4n) is 1.32. The average molecular weight is 175 g/mol. The summed E-state index contributed by atoms with van der Waals surface area (Å²) in [5.41, 5.74) is 10.2. The molecule has 0 atom stereocenters. The van der Waals surface area contributed by atoms with Crippen LogP contribution in [0.3, 0.4) is 0 Å². The van der Waals surface area contributed by atoms with Gasteiger partial charge in [0, 0.05) is 11.3 Å². The van der Waals surface area contributed by atoms with Gasteiger partial charge in [-0.3, -0.25) is 0 Å². The van der Waals surface area contributed by atoms with Crippen LogP contribution in [-0.4, -0.2) is 0 Å². The van der Waals surface area contributed by atoms with Crippen LogP contribution in [0.15, 0.2) is 24.8 Å². The van der Waals surface area contributed by atoms with Gasteiger partial charge in [-0.1, -0.05) is 26.5 Å². The molecule has 1 aromatic carbocycles. The van der Waals surface area contributed by atoms with Crippen LogP contribution < -0.4 is 5.73 Å². The van der Waals surface area contributed by atoms with E-state index in [0.29, 0.717) is 0 Å². The van der Waals surface area contributed by atoms with Crippen LogP contribution in [0.5, 0.6) is 0 Å². The highest BCUT2D eigenvalue weighted by Crippen LogP contribution is 2.23. The molecule has 0 radical (unpaired) electrons. The maximum absolute atomic E-state index is 5.86. The van der Waals surface area contributed by atoms with Gasteiger partial charge < -0.3 is 5.73 Å². The molecule has 0 aliphatic carbocycles. The highest BCUT2D eigenvalue weighted by molar-refractivity contribution is 5.73. The lowest BCUT2D eigenvalue weighted by molar-refractivity contribution is 1.13. The Bertz CT molecular complexity index is 313. The molecular weight excluding hydrogens is 158 g/mol. The van der Waals surface area contributed by atoms with E-state index < -0.39 is 0 Å². The molecule has 0 amide bonds. The third kappa shape index (κ3) is 2.11. The molecular formula is C12H17N. The molecule has 2 N–H and O–H groups in total. The van der Waals surface area contributed by atoms with Gasteiger partial charge in [0.05, 0.1) is 0 Å². The van der Waals surface area contributed by atoms with Crippen molar-refractivity contribution >= 4 is 11.3 Å². The van der Waals surface area contributed by atoms with Crippen molar-refractivity contribution in [3.8, 4) is 0 Å². The molecule has 13 heavy (non-hydrogen) atoms. The van der Waals surface area contributed by atoms with Crippen molar-refractivity contribution in [2.45, 2.75) is 26.7 Å². The average Bonchev–Trinajstić information content (AvgIpc) is 2.17. The fourth-order valence-corrected chi connectivity index (χ4v) is 1.32. The fraction of sp³-hybridized carbons (Fsp3) is 0.333. The van der Waals surface area contributed by atoms with E-state index in [0.717, 1.165) is 29.7 Å². The van der Waals surface area contributed by atoms with Crippen LogP contribution in [0.25, 0.3) is 5.57 Å². The summed E-state index contributed by atoms with van der Waals surface area (Å²) in [4.78, 5) is 0. The predicted octanol–water partition coefficient (Wildman–Crippen LogP) is 3.25. The van der Waals surface area contributed by atoms with E-state index in [2.05, 4.69) is 32.6 Å². The van der Waals surface area contributed by atoms with Gasteiger partial charge in [-0.2, -0.15) is 0 Å². The molecule has 0 saturated heterocycles. The van der Waals surface area contributed by atoms with Crippen LogP contribution in [0.4, 0.5) is 5.69 Å². The minimum atomic E-state index is 0.837. The van der Waals surface area contributed by atoms with Crippen LogP contribution in [-0.2, 0) is 6.42 Å². The van der Waals surface area contributed by atoms with E-state index in [1.165, 1.54) is 5.56 Å². The Morgan fingerprint density at radius 1 is 1.38 bits per heavy atom. The van der Waals surface area contributed by atoms with Crippen molar-refractivity contribution in [2.24, 2.45) is 0 Å². The second-order valence-corrected chi connectivity index (χ2v) is 3.23. The van der Waals surface area contributed by atoms with Crippen molar-refractivity contribution in [1.82, 2.24) is 0 Å². The summed E-state index contributed by atoms with van der Waals surface area (Å²) < 4.78 is 0. The molecule has 0 unspecified atom stereocenters. The number of hydrogen-bond donors (Lipinski definition) is 1. The molecule has 1 rings (SSSR count). The summed E-state index contributed by atoms with van der Waals surface area (Å²) in [6, 6.07) is 6.18. The minimum Gasteiger partial charge on any atom is -0.398 e. The summed E-state index contributed by atoms with van der Waals surface area (Å²) in [5, 5.41) is 0. The Balaban J connectivity index is 3.11. The highest BCUT2D eigenvalue weighted by Gasteiger charge is 2.02. The predicted molar refractivity (Wildman–Crippen MR) is 59.6 cm³/mol. The SMILES string of the molecule is C=C(CC)c1cc(CC)ccc1N. The lowest BCUT2D eigenvalue weighted by atomic mass is 10.00. The van der Waals surface area contributed by atoms with Gasteiger partial charge in [0.15, 0.2) is 0 Å². The molecule has 1 nitrogen and oxygen atoms in total. The van der Waals surface area contributed by atoms with Crippen molar-refractivity contribution in [1.29, 1.82) is 0 Å². The Hall–Kier alpha value is -1.24. The van der Waals surface area contributed by atoms with Crippen molar-refractivity contribution in [2.75, 3.05) is 5.73 Å². The number of nitrogen functional groups attached to an aromatic ring is 1. The maximum atomic E-state index is 5.86. The summed E-state index contributed by atoms with van der Waals surface area (Å²) in [5.74, 6) is 0. The Morgan fingerprint density at radius 2 is 2.08 bits per heavy atom. The summed E-state index contributed by atoms with van der Waals surface area (Å²) in [6.07, 6.45) is 2.00. The van der Waals surface area contributed by atoms with E-state index in [-0.39, 0.29) is 0 Å². The topological polar surface area (TPSA) is 26.0 Å². The number of aryl methyl sites for hydroxylation is 1. The van der Waals surface area contributed by atoms with Gasteiger partial charge in [0.25, 0.3) is 0 Å². The summed E-state index contributed by atoms with van der Waals surface area (Å²) in [6.45, 7) is 8.24. The second kappa shape index (κ2) is 4.13. The largest absolute Gasteiger partial charge is 0.398 e. The van der Waals surface area contributed by atoms with Crippen molar-refractivity contribution in [3.63, 3.8) is 0 Å². The molecule has 0 fully saturated rings.